The minimum absolute atomic E-state index is 0.104. The maximum absolute atomic E-state index is 11.7. The Bertz CT molecular complexity index is 448. The van der Waals surface area contributed by atoms with Crippen LogP contribution in [0.25, 0.3) is 0 Å². The summed E-state index contributed by atoms with van der Waals surface area (Å²) in [4.78, 5) is 22.9. The number of aromatic nitrogens is 1. The topological polar surface area (TPSA) is 48.3 Å². The second-order valence-electron chi connectivity index (χ2n) is 3.67. The molecule has 0 N–H and O–H groups in total. The summed E-state index contributed by atoms with van der Waals surface area (Å²) in [5.74, 6) is -0.443. The molecule has 15 heavy (non-hydrogen) atoms. The van der Waals surface area contributed by atoms with Crippen molar-refractivity contribution in [2.75, 3.05) is 7.11 Å². The minimum atomic E-state index is -0.443. The van der Waals surface area contributed by atoms with Crippen LogP contribution in [0.3, 0.4) is 0 Å². The number of carbonyl (C=O) groups is 1. The highest BCUT2D eigenvalue weighted by Gasteiger charge is 2.14. The smallest absolute Gasteiger partial charge is 0.338 e. The van der Waals surface area contributed by atoms with E-state index < -0.39 is 5.97 Å². The molecule has 0 radical (unpaired) electrons. The first-order valence-corrected chi connectivity index (χ1v) is 5.04. The summed E-state index contributed by atoms with van der Waals surface area (Å²) in [7, 11) is 1.32. The monoisotopic (exact) mass is 207 g/mol. The first-order chi connectivity index (χ1) is 7.22. The fourth-order valence-electron chi connectivity index (χ4n) is 1.92. The van der Waals surface area contributed by atoms with E-state index in [1.165, 1.54) is 13.2 Å². The van der Waals surface area contributed by atoms with Gasteiger partial charge in [-0.05, 0) is 25.3 Å². The molecule has 0 saturated carbocycles. The van der Waals surface area contributed by atoms with Crippen molar-refractivity contribution in [1.82, 2.24) is 4.57 Å². The van der Waals surface area contributed by atoms with Crippen molar-refractivity contribution in [2.45, 2.75) is 25.8 Å². The summed E-state index contributed by atoms with van der Waals surface area (Å²) in [6.45, 7) is 0.760. The number of esters is 1. The molecule has 0 bridgehead atoms. The Labute approximate surface area is 87.5 Å². The first kappa shape index (κ1) is 9.96. The zero-order chi connectivity index (χ0) is 10.8. The summed E-state index contributed by atoms with van der Waals surface area (Å²) < 4.78 is 6.33. The van der Waals surface area contributed by atoms with Crippen LogP contribution in [0.15, 0.2) is 16.9 Å². The third-order valence-electron chi connectivity index (χ3n) is 2.70. The van der Waals surface area contributed by atoms with Crippen LogP contribution < -0.4 is 5.56 Å². The van der Waals surface area contributed by atoms with Crippen molar-refractivity contribution in [3.05, 3.63) is 33.7 Å². The maximum Gasteiger partial charge on any atom is 0.338 e. The van der Waals surface area contributed by atoms with Crippen molar-refractivity contribution in [3.63, 3.8) is 0 Å². The van der Waals surface area contributed by atoms with Gasteiger partial charge in [0.25, 0.3) is 5.56 Å². The van der Waals surface area contributed by atoms with Crippen LogP contribution in [-0.2, 0) is 17.7 Å². The Morgan fingerprint density at radius 2 is 2.20 bits per heavy atom. The average Bonchev–Trinajstić information content (AvgIpc) is 2.28. The van der Waals surface area contributed by atoms with E-state index in [2.05, 4.69) is 4.74 Å². The SMILES string of the molecule is COC(=O)c1cc2n(c(=O)c1)CCCC2. The Morgan fingerprint density at radius 3 is 2.93 bits per heavy atom. The lowest BCUT2D eigenvalue weighted by atomic mass is 10.1. The highest BCUT2D eigenvalue weighted by molar-refractivity contribution is 5.89. The average molecular weight is 207 g/mol. The van der Waals surface area contributed by atoms with E-state index in [0.717, 1.165) is 31.5 Å². The number of ether oxygens (including phenoxy) is 1. The Kier molecular flexibility index (Phi) is 2.58. The highest BCUT2D eigenvalue weighted by Crippen LogP contribution is 2.13. The zero-order valence-corrected chi connectivity index (χ0v) is 8.66. The molecule has 1 aromatic rings. The van der Waals surface area contributed by atoms with Crippen LogP contribution in [0.4, 0.5) is 0 Å². The lowest BCUT2D eigenvalue weighted by Gasteiger charge is -2.18. The van der Waals surface area contributed by atoms with Crippen LogP contribution in [0.1, 0.15) is 28.9 Å². The molecule has 1 aliphatic heterocycles. The van der Waals surface area contributed by atoms with Crippen molar-refractivity contribution in [2.24, 2.45) is 0 Å². The van der Waals surface area contributed by atoms with Crippen LogP contribution >= 0.6 is 0 Å². The highest BCUT2D eigenvalue weighted by atomic mass is 16.5. The molecule has 0 saturated heterocycles. The van der Waals surface area contributed by atoms with Gasteiger partial charge in [-0.15, -0.1) is 0 Å². The molecule has 2 heterocycles. The van der Waals surface area contributed by atoms with Gasteiger partial charge < -0.3 is 9.30 Å². The van der Waals surface area contributed by atoms with Crippen molar-refractivity contribution < 1.29 is 9.53 Å². The summed E-state index contributed by atoms with van der Waals surface area (Å²) in [5, 5.41) is 0. The second kappa shape index (κ2) is 3.88. The summed E-state index contributed by atoms with van der Waals surface area (Å²) >= 11 is 0. The third-order valence-corrected chi connectivity index (χ3v) is 2.70. The fourth-order valence-corrected chi connectivity index (χ4v) is 1.92. The number of rotatable bonds is 1. The zero-order valence-electron chi connectivity index (χ0n) is 8.66. The first-order valence-electron chi connectivity index (χ1n) is 5.04. The van der Waals surface area contributed by atoms with Gasteiger partial charge in [0.2, 0.25) is 0 Å². The Hall–Kier alpha value is -1.58. The van der Waals surface area contributed by atoms with E-state index in [4.69, 9.17) is 0 Å². The van der Waals surface area contributed by atoms with E-state index in [1.807, 2.05) is 0 Å². The van der Waals surface area contributed by atoms with Crippen LogP contribution in [0, 0.1) is 0 Å². The van der Waals surface area contributed by atoms with Gasteiger partial charge in [0.15, 0.2) is 0 Å². The number of nitrogens with zero attached hydrogens (tertiary/aromatic N) is 1. The molecule has 0 atom stereocenters. The third kappa shape index (κ3) is 1.79. The van der Waals surface area contributed by atoms with E-state index in [-0.39, 0.29) is 5.56 Å². The molecular weight excluding hydrogens is 194 g/mol. The van der Waals surface area contributed by atoms with Gasteiger partial charge in [-0.3, -0.25) is 4.79 Å². The fraction of sp³-hybridized carbons (Fsp3) is 0.455. The quantitative estimate of drug-likeness (QED) is 0.645. The van der Waals surface area contributed by atoms with Gasteiger partial charge >= 0.3 is 5.97 Å². The minimum Gasteiger partial charge on any atom is -0.465 e. The largest absolute Gasteiger partial charge is 0.465 e. The molecule has 0 spiro atoms. The molecule has 0 unspecified atom stereocenters. The molecule has 1 aliphatic rings. The number of aryl methyl sites for hydroxylation is 1. The van der Waals surface area contributed by atoms with E-state index in [9.17, 15) is 9.59 Å². The van der Waals surface area contributed by atoms with Crippen molar-refractivity contribution in [1.29, 1.82) is 0 Å². The van der Waals surface area contributed by atoms with Gasteiger partial charge in [0, 0.05) is 18.3 Å². The molecule has 1 aromatic heterocycles. The van der Waals surface area contributed by atoms with Gasteiger partial charge in [0.1, 0.15) is 0 Å². The van der Waals surface area contributed by atoms with Crippen LogP contribution in [0.5, 0.6) is 0 Å². The van der Waals surface area contributed by atoms with Crippen LogP contribution in [0.2, 0.25) is 0 Å². The molecule has 0 fully saturated rings. The molecule has 0 aromatic carbocycles. The Balaban J connectivity index is 2.50. The van der Waals surface area contributed by atoms with E-state index in [0.29, 0.717) is 5.56 Å². The normalized spacial score (nSPS) is 14.5. The molecule has 4 nitrogen and oxygen atoms in total. The van der Waals surface area contributed by atoms with E-state index in [1.54, 1.807) is 10.6 Å². The Morgan fingerprint density at radius 1 is 1.40 bits per heavy atom. The predicted molar refractivity (Wildman–Crippen MR) is 55.0 cm³/mol. The second-order valence-corrected chi connectivity index (χ2v) is 3.67. The summed E-state index contributed by atoms with van der Waals surface area (Å²) in [6, 6.07) is 3.10. The molecule has 2 rings (SSSR count). The van der Waals surface area contributed by atoms with E-state index >= 15 is 0 Å². The number of fused-ring (bicyclic) bond motifs is 1. The number of methoxy groups -OCH3 is 1. The number of hydrogen-bond acceptors (Lipinski definition) is 3. The van der Waals surface area contributed by atoms with Gasteiger partial charge in [-0.1, -0.05) is 0 Å². The standard InChI is InChI=1S/C11H13NO3/c1-15-11(14)8-6-9-4-2-3-5-12(9)10(13)7-8/h6-7H,2-5H2,1H3. The number of hydrogen-bond donors (Lipinski definition) is 0. The van der Waals surface area contributed by atoms with Crippen LogP contribution in [-0.4, -0.2) is 17.6 Å². The molecule has 4 heteroatoms. The molecule has 0 amide bonds. The molecular formula is C11H13NO3. The van der Waals surface area contributed by atoms with Gasteiger partial charge in [-0.2, -0.15) is 0 Å². The van der Waals surface area contributed by atoms with Gasteiger partial charge in [0.05, 0.1) is 12.7 Å². The maximum atomic E-state index is 11.7. The lowest BCUT2D eigenvalue weighted by Crippen LogP contribution is -2.27. The lowest BCUT2D eigenvalue weighted by molar-refractivity contribution is 0.0600. The molecule has 0 aliphatic carbocycles. The van der Waals surface area contributed by atoms with Crippen molar-refractivity contribution >= 4 is 5.97 Å². The van der Waals surface area contributed by atoms with Gasteiger partial charge in [-0.25, -0.2) is 4.79 Å². The summed E-state index contributed by atoms with van der Waals surface area (Å²) in [5.41, 5.74) is 1.19. The summed E-state index contributed by atoms with van der Waals surface area (Å²) in [6.07, 6.45) is 2.97. The van der Waals surface area contributed by atoms with Crippen molar-refractivity contribution in [3.8, 4) is 0 Å². The molecule has 80 valence electrons. The number of pyridine rings is 1. The predicted octanol–water partition coefficient (Wildman–Crippen LogP) is 0.971. The number of carbonyl (C=O) groups excluding carboxylic acids is 1.